The summed E-state index contributed by atoms with van der Waals surface area (Å²) in [4.78, 5) is 25.1. The molecule has 0 spiro atoms. The molecule has 5 rings (SSSR count). The second-order valence-electron chi connectivity index (χ2n) is 6.99. The molecule has 3 aliphatic rings. The highest BCUT2D eigenvalue weighted by atomic mass is 19.1. The van der Waals surface area contributed by atoms with Crippen molar-refractivity contribution in [2.45, 2.75) is 32.0 Å². The summed E-state index contributed by atoms with van der Waals surface area (Å²) in [6, 6.07) is 3.97. The van der Waals surface area contributed by atoms with Gasteiger partial charge in [-0.15, -0.1) is 0 Å². The molecular weight excluding hydrogens is 347 g/mol. The van der Waals surface area contributed by atoms with Crippen LogP contribution in [0.2, 0.25) is 0 Å². The predicted octanol–water partition coefficient (Wildman–Crippen LogP) is 2.48. The highest BCUT2D eigenvalue weighted by Gasteiger charge is 2.33. The van der Waals surface area contributed by atoms with Gasteiger partial charge in [0.2, 0.25) is 0 Å². The molecule has 3 aliphatic heterocycles. The van der Waals surface area contributed by atoms with E-state index in [1.165, 1.54) is 19.1 Å². The molecule has 2 aromatic heterocycles. The fourth-order valence-corrected chi connectivity index (χ4v) is 3.71. The molecule has 7 nitrogen and oxygen atoms in total. The molecule has 1 saturated heterocycles. The Morgan fingerprint density at radius 2 is 2.04 bits per heavy atom. The van der Waals surface area contributed by atoms with Gasteiger partial charge in [-0.2, -0.15) is 5.10 Å². The van der Waals surface area contributed by atoms with Crippen molar-refractivity contribution in [3.63, 3.8) is 0 Å². The van der Waals surface area contributed by atoms with Gasteiger partial charge >= 0.3 is 0 Å². The standard InChI is InChI=1S/C19H19FN6O/c20-13-3-5-18(21-9-13)25-12-16-15(19(25)27)11-26(23-16)14-4-6-17(22-10-14)24-7-1-2-8-24/h4-6,9-11,13H,1-3,7-8,12H2. The van der Waals surface area contributed by atoms with E-state index in [2.05, 4.69) is 20.0 Å². The summed E-state index contributed by atoms with van der Waals surface area (Å²) < 4.78 is 14.9. The van der Waals surface area contributed by atoms with E-state index in [-0.39, 0.29) is 12.3 Å². The Hall–Kier alpha value is -3.03. The molecule has 0 radical (unpaired) electrons. The number of hydrogen-bond acceptors (Lipinski definition) is 5. The zero-order valence-corrected chi connectivity index (χ0v) is 14.8. The van der Waals surface area contributed by atoms with Crippen molar-refractivity contribution in [1.29, 1.82) is 0 Å². The summed E-state index contributed by atoms with van der Waals surface area (Å²) in [5, 5.41) is 4.55. The third kappa shape index (κ3) is 2.81. The van der Waals surface area contributed by atoms with Gasteiger partial charge in [0.1, 0.15) is 17.8 Å². The van der Waals surface area contributed by atoms with Crippen LogP contribution in [-0.2, 0) is 6.54 Å². The number of alkyl halides is 1. The summed E-state index contributed by atoms with van der Waals surface area (Å²) in [6.07, 6.45) is 8.00. The van der Waals surface area contributed by atoms with Crippen LogP contribution in [0.5, 0.6) is 0 Å². The minimum absolute atomic E-state index is 0.154. The number of pyridine rings is 1. The van der Waals surface area contributed by atoms with Crippen LogP contribution in [-0.4, -0.2) is 51.0 Å². The minimum atomic E-state index is -1.07. The molecule has 1 amide bonds. The molecule has 1 fully saturated rings. The first-order valence-electron chi connectivity index (χ1n) is 9.19. The molecule has 2 aromatic rings. The third-order valence-corrected chi connectivity index (χ3v) is 5.17. The number of halogens is 1. The number of hydrogen-bond donors (Lipinski definition) is 0. The van der Waals surface area contributed by atoms with Crippen LogP contribution in [0.15, 0.2) is 41.4 Å². The molecule has 0 bridgehead atoms. The van der Waals surface area contributed by atoms with Gasteiger partial charge in [0.15, 0.2) is 0 Å². The van der Waals surface area contributed by atoms with Gasteiger partial charge in [-0.25, -0.2) is 19.0 Å². The Morgan fingerprint density at radius 1 is 1.19 bits per heavy atom. The van der Waals surface area contributed by atoms with E-state index in [1.54, 1.807) is 28.1 Å². The topological polar surface area (TPSA) is 66.6 Å². The zero-order chi connectivity index (χ0) is 18.4. The molecule has 0 saturated carbocycles. The molecule has 0 aliphatic carbocycles. The maximum Gasteiger partial charge on any atom is 0.263 e. The van der Waals surface area contributed by atoms with E-state index in [9.17, 15) is 9.18 Å². The van der Waals surface area contributed by atoms with Gasteiger partial charge in [0.05, 0.1) is 29.7 Å². The highest BCUT2D eigenvalue weighted by molar-refractivity contribution is 5.99. The molecule has 0 aromatic carbocycles. The smallest absolute Gasteiger partial charge is 0.263 e. The predicted molar refractivity (Wildman–Crippen MR) is 98.8 cm³/mol. The van der Waals surface area contributed by atoms with Gasteiger partial charge < -0.3 is 4.90 Å². The number of anilines is 1. The normalized spacial score (nSPS) is 21.7. The summed E-state index contributed by atoms with van der Waals surface area (Å²) in [5.41, 5.74) is 2.07. The van der Waals surface area contributed by atoms with Crippen LogP contribution in [0.3, 0.4) is 0 Å². The highest BCUT2D eigenvalue weighted by Crippen LogP contribution is 2.28. The first-order chi connectivity index (χ1) is 13.2. The maximum absolute atomic E-state index is 13.2. The van der Waals surface area contributed by atoms with Crippen LogP contribution in [0.4, 0.5) is 10.2 Å². The van der Waals surface area contributed by atoms with Gasteiger partial charge in [0.25, 0.3) is 5.91 Å². The fourth-order valence-electron chi connectivity index (χ4n) is 3.71. The number of rotatable bonds is 3. The lowest BCUT2D eigenvalue weighted by Gasteiger charge is -2.19. The number of carbonyl (C=O) groups is 1. The Morgan fingerprint density at radius 3 is 2.70 bits per heavy atom. The number of fused-ring (bicyclic) bond motifs is 1. The Kier molecular flexibility index (Phi) is 3.77. The van der Waals surface area contributed by atoms with E-state index < -0.39 is 6.17 Å². The number of aliphatic imine (C=N–C) groups is 1. The van der Waals surface area contributed by atoms with Crippen LogP contribution in [0.1, 0.15) is 35.3 Å². The van der Waals surface area contributed by atoms with Gasteiger partial charge in [-0.05, 0) is 31.1 Å². The van der Waals surface area contributed by atoms with Crippen molar-refractivity contribution in [3.05, 3.63) is 47.7 Å². The summed E-state index contributed by atoms with van der Waals surface area (Å²) in [5.74, 6) is 1.32. The van der Waals surface area contributed by atoms with Crippen molar-refractivity contribution in [3.8, 4) is 5.69 Å². The Bertz CT molecular complexity index is 942. The molecule has 5 heterocycles. The van der Waals surface area contributed by atoms with Crippen LogP contribution in [0.25, 0.3) is 5.69 Å². The lowest BCUT2D eigenvalue weighted by atomic mass is 10.2. The molecule has 1 atom stereocenters. The zero-order valence-electron chi connectivity index (χ0n) is 14.8. The SMILES string of the molecule is O=C1c2cn(-c3ccc(N4CCCC4)nc3)nc2CN1C1=CCC(F)C=N1. The van der Waals surface area contributed by atoms with Gasteiger partial charge in [-0.3, -0.25) is 9.69 Å². The van der Waals surface area contributed by atoms with Gasteiger partial charge in [-0.1, -0.05) is 0 Å². The largest absolute Gasteiger partial charge is 0.357 e. The van der Waals surface area contributed by atoms with E-state index in [0.717, 1.165) is 24.6 Å². The lowest BCUT2D eigenvalue weighted by molar-refractivity contribution is 0.0822. The van der Waals surface area contributed by atoms with Crippen LogP contribution in [0, 0.1) is 0 Å². The van der Waals surface area contributed by atoms with Crippen molar-refractivity contribution < 1.29 is 9.18 Å². The quantitative estimate of drug-likeness (QED) is 0.837. The monoisotopic (exact) mass is 366 g/mol. The fraction of sp³-hybridized carbons (Fsp3) is 0.368. The Labute approximate surface area is 155 Å². The Balaban J connectivity index is 1.35. The third-order valence-electron chi connectivity index (χ3n) is 5.17. The average Bonchev–Trinajstić information content (AvgIpc) is 3.41. The van der Waals surface area contributed by atoms with E-state index in [0.29, 0.717) is 23.6 Å². The lowest BCUT2D eigenvalue weighted by Crippen LogP contribution is -2.25. The minimum Gasteiger partial charge on any atom is -0.357 e. The van der Waals surface area contributed by atoms with Gasteiger partial charge in [0, 0.05) is 31.9 Å². The molecule has 138 valence electrons. The van der Waals surface area contributed by atoms with Crippen molar-refractivity contribution in [1.82, 2.24) is 19.7 Å². The van der Waals surface area contributed by atoms with E-state index >= 15 is 0 Å². The van der Waals surface area contributed by atoms with Crippen molar-refractivity contribution in [2.24, 2.45) is 4.99 Å². The number of aromatic nitrogens is 3. The number of amides is 1. The second kappa shape index (κ2) is 6.29. The number of allylic oxidation sites excluding steroid dienone is 1. The van der Waals surface area contributed by atoms with Crippen molar-refractivity contribution in [2.75, 3.05) is 18.0 Å². The first-order valence-corrected chi connectivity index (χ1v) is 9.19. The summed E-state index contributed by atoms with van der Waals surface area (Å²) >= 11 is 0. The van der Waals surface area contributed by atoms with Crippen LogP contribution < -0.4 is 4.90 Å². The molecule has 0 N–H and O–H groups in total. The first kappa shape index (κ1) is 16.2. The number of nitrogens with zero attached hydrogens (tertiary/aromatic N) is 6. The summed E-state index contributed by atoms with van der Waals surface area (Å²) in [6.45, 7) is 2.45. The average molecular weight is 366 g/mol. The van der Waals surface area contributed by atoms with E-state index in [1.807, 2.05) is 12.1 Å². The van der Waals surface area contributed by atoms with Crippen molar-refractivity contribution >= 4 is 17.9 Å². The van der Waals surface area contributed by atoms with E-state index in [4.69, 9.17) is 0 Å². The summed E-state index contributed by atoms with van der Waals surface area (Å²) in [7, 11) is 0. The second-order valence-corrected chi connectivity index (χ2v) is 6.99. The van der Waals surface area contributed by atoms with Crippen LogP contribution >= 0.6 is 0 Å². The molecule has 1 unspecified atom stereocenters. The maximum atomic E-state index is 13.2. The molecular formula is C19H19FN6O. The molecule has 27 heavy (non-hydrogen) atoms. The number of carbonyl (C=O) groups excluding carboxylic acids is 1. The molecule has 8 heteroatoms.